The fourth-order valence-electron chi connectivity index (χ4n) is 2.59. The minimum absolute atomic E-state index is 0.0193. The van der Waals surface area contributed by atoms with Crippen LogP contribution in [0, 0.1) is 0 Å². The van der Waals surface area contributed by atoms with E-state index < -0.39 is 12.2 Å². The molecule has 0 bridgehead atoms. The minimum Gasteiger partial charge on any atom is -0.504 e. The van der Waals surface area contributed by atoms with Gasteiger partial charge in [-0.25, -0.2) is 0 Å². The van der Waals surface area contributed by atoms with Gasteiger partial charge in [0.25, 0.3) is 0 Å². The van der Waals surface area contributed by atoms with E-state index in [2.05, 4.69) is 0 Å². The number of phenolic OH excluding ortho intramolecular Hbond substituents is 2. The Hall–Kier alpha value is -2.52. The maximum atomic E-state index is 9.63. The van der Waals surface area contributed by atoms with Crippen molar-refractivity contribution < 1.29 is 39.4 Å². The first-order chi connectivity index (χ1) is 13.5. The molecule has 8 nitrogen and oxygen atoms in total. The Kier molecular flexibility index (Phi) is 8.34. The molecule has 0 saturated heterocycles. The zero-order chi connectivity index (χ0) is 20.5. The summed E-state index contributed by atoms with van der Waals surface area (Å²) >= 11 is 0. The van der Waals surface area contributed by atoms with Crippen LogP contribution >= 0.6 is 0 Å². The third-order valence-corrected chi connectivity index (χ3v) is 4.19. The number of aliphatic hydroxyl groups is 2. The van der Waals surface area contributed by atoms with E-state index in [1.54, 1.807) is 24.3 Å². The number of hydrogen-bond acceptors (Lipinski definition) is 8. The largest absolute Gasteiger partial charge is 0.504 e. The van der Waals surface area contributed by atoms with E-state index in [4.69, 9.17) is 18.9 Å². The number of phenols is 2. The van der Waals surface area contributed by atoms with Crippen molar-refractivity contribution in [1.29, 1.82) is 0 Å². The Morgan fingerprint density at radius 3 is 1.43 bits per heavy atom. The summed E-state index contributed by atoms with van der Waals surface area (Å²) in [5.41, 5.74) is 1.46. The highest BCUT2D eigenvalue weighted by atomic mass is 16.6. The monoisotopic (exact) mass is 394 g/mol. The van der Waals surface area contributed by atoms with Crippen LogP contribution in [0.4, 0.5) is 0 Å². The average molecular weight is 394 g/mol. The first-order valence-electron chi connectivity index (χ1n) is 8.69. The van der Waals surface area contributed by atoms with Crippen LogP contribution in [0.15, 0.2) is 36.4 Å². The Balaban J connectivity index is 1.96. The molecule has 0 aliphatic carbocycles. The molecule has 0 amide bonds. The molecule has 0 aliphatic heterocycles. The normalized spacial score (nSPS) is 13.1. The predicted octanol–water partition coefficient (Wildman–Crippen LogP) is 1.57. The lowest BCUT2D eigenvalue weighted by Gasteiger charge is -2.25. The fraction of sp³-hybridized carbons (Fsp3) is 0.400. The van der Waals surface area contributed by atoms with Gasteiger partial charge in [-0.3, -0.25) is 0 Å². The molecule has 8 heteroatoms. The second kappa shape index (κ2) is 10.7. The number of rotatable bonds is 11. The van der Waals surface area contributed by atoms with E-state index >= 15 is 0 Å². The van der Waals surface area contributed by atoms with Gasteiger partial charge in [0.05, 0.1) is 40.6 Å². The third-order valence-electron chi connectivity index (χ3n) is 4.19. The van der Waals surface area contributed by atoms with Crippen LogP contribution in [0.2, 0.25) is 0 Å². The molecule has 0 spiro atoms. The van der Waals surface area contributed by atoms with Crippen LogP contribution in [-0.2, 0) is 22.7 Å². The van der Waals surface area contributed by atoms with E-state index in [1.807, 2.05) is 0 Å². The number of hydrogen-bond donors (Lipinski definition) is 4. The van der Waals surface area contributed by atoms with Gasteiger partial charge in [0, 0.05) is 0 Å². The predicted molar refractivity (Wildman–Crippen MR) is 101 cm³/mol. The molecular weight excluding hydrogens is 368 g/mol. The lowest BCUT2D eigenvalue weighted by atomic mass is 10.2. The molecule has 2 aromatic carbocycles. The lowest BCUT2D eigenvalue weighted by molar-refractivity contribution is -0.119. The molecule has 0 aliphatic rings. The molecule has 2 atom stereocenters. The van der Waals surface area contributed by atoms with Gasteiger partial charge in [0.2, 0.25) is 0 Å². The highest BCUT2D eigenvalue weighted by Crippen LogP contribution is 2.28. The summed E-state index contributed by atoms with van der Waals surface area (Å²) in [6, 6.07) is 9.57. The molecule has 4 N–H and O–H groups in total. The second-order valence-electron chi connectivity index (χ2n) is 6.08. The van der Waals surface area contributed by atoms with Gasteiger partial charge in [-0.15, -0.1) is 0 Å². The van der Waals surface area contributed by atoms with Crippen LogP contribution < -0.4 is 9.47 Å². The Morgan fingerprint density at radius 1 is 0.714 bits per heavy atom. The Morgan fingerprint density at radius 2 is 1.11 bits per heavy atom. The number of ether oxygens (including phenoxy) is 4. The summed E-state index contributed by atoms with van der Waals surface area (Å²) in [5.74, 6) is 0.674. The zero-order valence-electron chi connectivity index (χ0n) is 15.9. The molecule has 0 heterocycles. The molecule has 0 aromatic heterocycles. The highest BCUT2D eigenvalue weighted by Gasteiger charge is 2.22. The van der Waals surface area contributed by atoms with Crippen molar-refractivity contribution in [3.63, 3.8) is 0 Å². The number of methoxy groups -OCH3 is 2. The lowest BCUT2D eigenvalue weighted by Crippen LogP contribution is -2.37. The molecule has 28 heavy (non-hydrogen) atoms. The summed E-state index contributed by atoms with van der Waals surface area (Å²) in [6.45, 7) is -0.428. The topological polar surface area (TPSA) is 118 Å². The first kappa shape index (κ1) is 21.8. The summed E-state index contributed by atoms with van der Waals surface area (Å²) in [7, 11) is 2.90. The van der Waals surface area contributed by atoms with Gasteiger partial charge in [0.1, 0.15) is 12.2 Å². The minimum atomic E-state index is -0.760. The van der Waals surface area contributed by atoms with Crippen LogP contribution in [0.1, 0.15) is 11.1 Å². The van der Waals surface area contributed by atoms with Crippen LogP contribution in [0.5, 0.6) is 23.0 Å². The maximum Gasteiger partial charge on any atom is 0.160 e. The van der Waals surface area contributed by atoms with Crippen molar-refractivity contribution in [3.8, 4) is 23.0 Å². The van der Waals surface area contributed by atoms with Crippen molar-refractivity contribution >= 4 is 0 Å². The van der Waals surface area contributed by atoms with E-state index in [-0.39, 0.29) is 37.9 Å². The summed E-state index contributed by atoms with van der Waals surface area (Å²) < 4.78 is 21.5. The van der Waals surface area contributed by atoms with Gasteiger partial charge in [0.15, 0.2) is 23.0 Å². The summed E-state index contributed by atoms with van der Waals surface area (Å²) in [5, 5.41) is 38.5. The first-order valence-corrected chi connectivity index (χ1v) is 8.69. The smallest absolute Gasteiger partial charge is 0.160 e. The zero-order valence-corrected chi connectivity index (χ0v) is 15.9. The van der Waals surface area contributed by atoms with Crippen molar-refractivity contribution in [2.24, 2.45) is 0 Å². The van der Waals surface area contributed by atoms with E-state index in [0.717, 1.165) is 11.1 Å². The number of benzene rings is 2. The van der Waals surface area contributed by atoms with Gasteiger partial charge < -0.3 is 39.4 Å². The van der Waals surface area contributed by atoms with Gasteiger partial charge >= 0.3 is 0 Å². The number of aliphatic hydroxyl groups excluding tert-OH is 2. The molecular formula is C20H26O8. The third kappa shape index (κ3) is 5.74. The van der Waals surface area contributed by atoms with Crippen molar-refractivity contribution in [3.05, 3.63) is 47.5 Å². The maximum absolute atomic E-state index is 9.63. The number of aromatic hydroxyl groups is 2. The van der Waals surface area contributed by atoms with Gasteiger partial charge in [-0.1, -0.05) is 12.1 Å². The van der Waals surface area contributed by atoms with Crippen LogP contribution in [-0.4, -0.2) is 60.1 Å². The molecule has 0 saturated carbocycles. The van der Waals surface area contributed by atoms with E-state index in [1.165, 1.54) is 26.4 Å². The van der Waals surface area contributed by atoms with Crippen LogP contribution in [0.25, 0.3) is 0 Å². The van der Waals surface area contributed by atoms with Crippen LogP contribution in [0.3, 0.4) is 0 Å². The van der Waals surface area contributed by atoms with Crippen molar-refractivity contribution in [1.82, 2.24) is 0 Å². The fourth-order valence-corrected chi connectivity index (χ4v) is 2.59. The van der Waals surface area contributed by atoms with E-state index in [9.17, 15) is 20.4 Å². The molecule has 0 unspecified atom stereocenters. The van der Waals surface area contributed by atoms with Gasteiger partial charge in [-0.05, 0) is 35.4 Å². The van der Waals surface area contributed by atoms with E-state index in [0.29, 0.717) is 11.5 Å². The summed E-state index contributed by atoms with van der Waals surface area (Å²) in [6.07, 6.45) is -1.52. The molecule has 154 valence electrons. The van der Waals surface area contributed by atoms with Crippen molar-refractivity contribution in [2.45, 2.75) is 25.4 Å². The summed E-state index contributed by atoms with van der Waals surface area (Å²) in [4.78, 5) is 0. The molecule has 2 rings (SSSR count). The van der Waals surface area contributed by atoms with Gasteiger partial charge in [-0.2, -0.15) is 0 Å². The molecule has 2 aromatic rings. The average Bonchev–Trinajstić information content (AvgIpc) is 2.72. The SMILES string of the molecule is COc1cc(CO[C@@H](CO)[C@H](CO)OCc2ccc(O)c(OC)c2)ccc1O. The second-order valence-corrected chi connectivity index (χ2v) is 6.08. The molecule has 0 radical (unpaired) electrons. The Labute approximate surface area is 163 Å². The quantitative estimate of drug-likeness (QED) is 0.454. The van der Waals surface area contributed by atoms with Crippen molar-refractivity contribution in [2.75, 3.05) is 27.4 Å². The standard InChI is InChI=1S/C20H26O8/c1-25-17-7-13(3-5-15(17)23)11-27-19(9-21)20(10-22)28-12-14-4-6-16(24)18(8-14)26-2/h3-8,19-24H,9-12H2,1-2H3/t19-,20-/m0/s1. The highest BCUT2D eigenvalue weighted by molar-refractivity contribution is 5.42. The Bertz CT molecular complexity index is 685. The molecule has 0 fully saturated rings.